The van der Waals surface area contributed by atoms with Crippen molar-refractivity contribution in [2.24, 2.45) is 5.92 Å². The Balaban J connectivity index is 1.52. The Morgan fingerprint density at radius 1 is 1.14 bits per heavy atom. The van der Waals surface area contributed by atoms with E-state index in [1.807, 2.05) is 18.2 Å². The Labute approximate surface area is 172 Å². The first kappa shape index (κ1) is 18.1. The van der Waals surface area contributed by atoms with Gasteiger partial charge in [-0.2, -0.15) is 4.98 Å². The van der Waals surface area contributed by atoms with Crippen molar-refractivity contribution in [1.82, 2.24) is 14.8 Å². The summed E-state index contributed by atoms with van der Waals surface area (Å²) in [6.45, 7) is 0. The van der Waals surface area contributed by atoms with Gasteiger partial charge in [0.15, 0.2) is 0 Å². The van der Waals surface area contributed by atoms with Gasteiger partial charge >= 0.3 is 0 Å². The maximum Gasteiger partial charge on any atom is 0.227 e. The molecule has 0 radical (unpaired) electrons. The Morgan fingerprint density at radius 3 is 2.72 bits per heavy atom. The lowest BCUT2D eigenvalue weighted by Gasteiger charge is -2.36. The molecule has 2 aliphatic rings. The monoisotopic (exact) mass is 406 g/mol. The number of nitrogens with zero attached hydrogens (tertiary/aromatic N) is 3. The second kappa shape index (κ2) is 7.48. The molecule has 0 fully saturated rings. The van der Waals surface area contributed by atoms with Crippen molar-refractivity contribution in [3.05, 3.63) is 83.3 Å². The minimum absolute atomic E-state index is 0.170. The predicted octanol–water partition coefficient (Wildman–Crippen LogP) is 4.59. The molecule has 0 amide bonds. The average molecular weight is 406 g/mol. The van der Waals surface area contributed by atoms with E-state index in [-0.39, 0.29) is 23.6 Å². The zero-order chi connectivity index (χ0) is 19.8. The van der Waals surface area contributed by atoms with Crippen LogP contribution in [0.5, 0.6) is 0 Å². The summed E-state index contributed by atoms with van der Waals surface area (Å²) in [4.78, 5) is 17.4. The van der Waals surface area contributed by atoms with Crippen LogP contribution in [0.1, 0.15) is 30.0 Å². The van der Waals surface area contributed by atoms with Crippen molar-refractivity contribution in [3.63, 3.8) is 0 Å². The number of hydrogen-bond donors (Lipinski definition) is 1. The van der Waals surface area contributed by atoms with E-state index < -0.39 is 0 Å². The summed E-state index contributed by atoms with van der Waals surface area (Å²) in [6, 6.07) is 16.1. The van der Waals surface area contributed by atoms with Crippen LogP contribution in [0, 0.1) is 11.7 Å². The zero-order valence-electron chi connectivity index (χ0n) is 15.6. The van der Waals surface area contributed by atoms with Gasteiger partial charge in [0.2, 0.25) is 11.1 Å². The molecule has 1 N–H and O–H groups in total. The number of rotatable bonds is 4. The van der Waals surface area contributed by atoms with Crippen LogP contribution in [-0.2, 0) is 10.5 Å². The number of nitrogens with one attached hydrogen (secondary N) is 1. The third-order valence-corrected chi connectivity index (χ3v) is 6.22. The van der Waals surface area contributed by atoms with Crippen molar-refractivity contribution in [2.75, 3.05) is 5.32 Å². The maximum absolute atomic E-state index is 13.5. The van der Waals surface area contributed by atoms with E-state index in [2.05, 4.69) is 28.5 Å². The lowest BCUT2D eigenvalue weighted by atomic mass is 9.81. The van der Waals surface area contributed by atoms with Crippen LogP contribution in [0.15, 0.2) is 71.5 Å². The van der Waals surface area contributed by atoms with E-state index in [0.29, 0.717) is 17.5 Å². The molecule has 2 heterocycles. The molecule has 0 bridgehead atoms. The van der Waals surface area contributed by atoms with Gasteiger partial charge in [0.1, 0.15) is 11.6 Å². The van der Waals surface area contributed by atoms with Gasteiger partial charge in [0.25, 0.3) is 0 Å². The van der Waals surface area contributed by atoms with E-state index in [9.17, 15) is 9.18 Å². The number of carbonyl (C=O) groups is 1. The minimum atomic E-state index is -0.351. The Kier molecular flexibility index (Phi) is 4.67. The Morgan fingerprint density at radius 2 is 1.93 bits per heavy atom. The molecule has 146 valence electrons. The highest BCUT2D eigenvalue weighted by molar-refractivity contribution is 7.98. The summed E-state index contributed by atoms with van der Waals surface area (Å²) in [5.74, 6) is 0.897. The molecule has 5 rings (SSSR count). The van der Waals surface area contributed by atoms with Crippen molar-refractivity contribution in [3.8, 4) is 0 Å². The molecule has 1 aliphatic carbocycles. The van der Waals surface area contributed by atoms with Crippen LogP contribution in [-0.4, -0.2) is 20.5 Å². The Bertz CT molecular complexity index is 1080. The number of thioether (sulfide) groups is 1. The first-order chi connectivity index (χ1) is 14.2. The quantitative estimate of drug-likeness (QED) is 0.643. The molecule has 1 aromatic heterocycles. The number of Topliss-reactive ketones (excluding diaryl/α,β-unsaturated/α-hetero) is 1. The van der Waals surface area contributed by atoms with Crippen LogP contribution < -0.4 is 5.32 Å². The van der Waals surface area contributed by atoms with E-state index in [1.165, 1.54) is 17.7 Å². The van der Waals surface area contributed by atoms with Crippen molar-refractivity contribution in [1.29, 1.82) is 0 Å². The molecule has 1 aliphatic heterocycles. The number of allylic oxidation sites excluding steroid dienone is 2. The molecule has 7 heteroatoms. The maximum atomic E-state index is 13.5. The molecule has 0 saturated carbocycles. The number of fused-ring (bicyclic) bond motifs is 2. The smallest absolute Gasteiger partial charge is 0.227 e. The van der Waals surface area contributed by atoms with E-state index in [1.54, 1.807) is 28.6 Å². The lowest BCUT2D eigenvalue weighted by Crippen LogP contribution is -2.38. The van der Waals surface area contributed by atoms with Crippen LogP contribution in [0.2, 0.25) is 0 Å². The summed E-state index contributed by atoms with van der Waals surface area (Å²) < 4.78 is 15.3. The summed E-state index contributed by atoms with van der Waals surface area (Å²) in [5.41, 5.74) is 2.92. The summed E-state index contributed by atoms with van der Waals surface area (Å²) in [6.07, 6.45) is 3.29. The third-order valence-electron chi connectivity index (χ3n) is 5.31. The van der Waals surface area contributed by atoms with Gasteiger partial charge in [-0.3, -0.25) is 4.79 Å². The van der Waals surface area contributed by atoms with Crippen LogP contribution in [0.3, 0.4) is 0 Å². The van der Waals surface area contributed by atoms with E-state index in [4.69, 9.17) is 5.10 Å². The number of ketones is 1. The molecule has 2 atom stereocenters. The molecule has 0 saturated heterocycles. The predicted molar refractivity (Wildman–Crippen MR) is 110 cm³/mol. The number of carbonyl (C=O) groups excluding carboxylic acids is 1. The van der Waals surface area contributed by atoms with Gasteiger partial charge in [-0.1, -0.05) is 60.3 Å². The first-order valence-corrected chi connectivity index (χ1v) is 10.6. The summed E-state index contributed by atoms with van der Waals surface area (Å²) in [5, 5.41) is 8.65. The molecule has 29 heavy (non-hydrogen) atoms. The fraction of sp³-hybridized carbons (Fsp3) is 0.227. The topological polar surface area (TPSA) is 59.8 Å². The second-order valence-corrected chi connectivity index (χ2v) is 8.14. The molecule has 5 nitrogen and oxygen atoms in total. The standard InChI is InChI=1S/C22H19FN4OS/c23-16-11-9-15(10-12-16)20-19-17(7-4-8-18(19)28)24-21-25-22(26-27(20)21)29-13-14-5-2-1-3-6-14/h1-3,5-7,9-12,19-20H,4,8,13H2,(H,24,25,26)/t19-,20-/m1/s1. The van der Waals surface area contributed by atoms with Crippen LogP contribution >= 0.6 is 11.8 Å². The van der Waals surface area contributed by atoms with Crippen LogP contribution in [0.25, 0.3) is 0 Å². The first-order valence-electron chi connectivity index (χ1n) is 9.57. The van der Waals surface area contributed by atoms with E-state index in [0.717, 1.165) is 23.4 Å². The number of benzene rings is 2. The highest BCUT2D eigenvalue weighted by atomic mass is 32.2. The third kappa shape index (κ3) is 3.46. The number of halogens is 1. The second-order valence-electron chi connectivity index (χ2n) is 7.20. The molecular weight excluding hydrogens is 387 g/mol. The van der Waals surface area contributed by atoms with Crippen LogP contribution in [0.4, 0.5) is 10.3 Å². The number of aromatic nitrogens is 3. The SMILES string of the molecule is O=C1CCC=C2Nc3nc(SCc4ccccc4)nn3[C@H](c3ccc(F)cc3)[C@@H]12. The fourth-order valence-electron chi connectivity index (χ4n) is 3.93. The molecule has 0 unspecified atom stereocenters. The van der Waals surface area contributed by atoms with Crippen molar-refractivity contribution < 1.29 is 9.18 Å². The highest BCUT2D eigenvalue weighted by Gasteiger charge is 2.41. The minimum Gasteiger partial charge on any atom is -0.328 e. The number of anilines is 1. The fourth-order valence-corrected chi connectivity index (χ4v) is 4.72. The molecular formula is C22H19FN4OS. The largest absolute Gasteiger partial charge is 0.328 e. The van der Waals surface area contributed by atoms with Gasteiger partial charge in [-0.15, -0.1) is 5.10 Å². The summed E-state index contributed by atoms with van der Waals surface area (Å²) >= 11 is 1.55. The normalized spacial score (nSPS) is 20.4. The summed E-state index contributed by atoms with van der Waals surface area (Å²) in [7, 11) is 0. The van der Waals surface area contributed by atoms with Gasteiger partial charge in [-0.05, 0) is 29.7 Å². The van der Waals surface area contributed by atoms with Gasteiger partial charge < -0.3 is 5.32 Å². The molecule has 2 aromatic carbocycles. The van der Waals surface area contributed by atoms with E-state index >= 15 is 0 Å². The molecule has 3 aromatic rings. The highest BCUT2D eigenvalue weighted by Crippen LogP contribution is 2.42. The zero-order valence-corrected chi connectivity index (χ0v) is 16.4. The van der Waals surface area contributed by atoms with Crippen molar-refractivity contribution >= 4 is 23.5 Å². The average Bonchev–Trinajstić information content (AvgIpc) is 3.15. The Hall–Kier alpha value is -2.93. The van der Waals surface area contributed by atoms with Gasteiger partial charge in [-0.25, -0.2) is 9.07 Å². The number of hydrogen-bond acceptors (Lipinski definition) is 5. The van der Waals surface area contributed by atoms with Gasteiger partial charge in [0, 0.05) is 17.9 Å². The van der Waals surface area contributed by atoms with Crippen molar-refractivity contribution in [2.45, 2.75) is 29.8 Å². The van der Waals surface area contributed by atoms with Gasteiger partial charge in [0.05, 0.1) is 12.0 Å². The lowest BCUT2D eigenvalue weighted by molar-refractivity contribution is -0.123. The molecule has 0 spiro atoms.